The third-order valence-corrected chi connectivity index (χ3v) is 4.13. The average Bonchev–Trinajstić information content (AvgIpc) is 2.99. The van der Waals surface area contributed by atoms with Gasteiger partial charge < -0.3 is 4.57 Å². The molecule has 3 aromatic rings. The van der Waals surface area contributed by atoms with Crippen molar-refractivity contribution < 1.29 is 9.59 Å². The van der Waals surface area contributed by atoms with Crippen molar-refractivity contribution in [2.75, 3.05) is 5.32 Å². The van der Waals surface area contributed by atoms with Gasteiger partial charge in [0, 0.05) is 6.54 Å². The summed E-state index contributed by atoms with van der Waals surface area (Å²) in [6, 6.07) is 18.8. The predicted molar refractivity (Wildman–Crippen MR) is 96.2 cm³/mol. The number of aromatic nitrogens is 2. The van der Waals surface area contributed by atoms with Gasteiger partial charge >= 0.3 is 6.03 Å². The maximum absolute atomic E-state index is 13.1. The number of hydrogen-bond donors (Lipinski definition) is 2. The van der Waals surface area contributed by atoms with Crippen LogP contribution in [0.1, 0.15) is 21.6 Å². The van der Waals surface area contributed by atoms with E-state index >= 15 is 0 Å². The van der Waals surface area contributed by atoms with Crippen molar-refractivity contribution in [3.63, 3.8) is 0 Å². The fourth-order valence-corrected chi connectivity index (χ4v) is 2.91. The number of carbonyl (C=O) groups is 2. The monoisotopic (exact) mass is 347 g/mol. The molecule has 0 bridgehead atoms. The first-order valence-corrected chi connectivity index (χ1v) is 8.23. The molecule has 26 heavy (non-hydrogen) atoms. The van der Waals surface area contributed by atoms with Crippen LogP contribution in [0.4, 0.5) is 10.6 Å². The highest BCUT2D eigenvalue weighted by Gasteiger charge is 2.30. The Hall–Kier alpha value is -3.61. The van der Waals surface area contributed by atoms with E-state index < -0.39 is 6.03 Å². The van der Waals surface area contributed by atoms with Crippen molar-refractivity contribution in [2.24, 2.45) is 0 Å². The highest BCUT2D eigenvalue weighted by molar-refractivity contribution is 6.04. The van der Waals surface area contributed by atoms with Crippen molar-refractivity contribution in [1.82, 2.24) is 20.0 Å². The molecule has 0 saturated carbocycles. The molecule has 3 amide bonds. The quantitative estimate of drug-likeness (QED) is 0.761. The third-order valence-electron chi connectivity index (χ3n) is 4.13. The fraction of sp³-hybridized carbons (Fsp3) is 0.105. The molecule has 1 aliphatic rings. The lowest BCUT2D eigenvalue weighted by molar-refractivity contribution is 0.0668. The average molecular weight is 347 g/mol. The molecule has 4 rings (SSSR count). The summed E-state index contributed by atoms with van der Waals surface area (Å²) in [5.74, 6) is -0.0466. The second kappa shape index (κ2) is 6.72. The molecule has 2 heterocycles. The van der Waals surface area contributed by atoms with Crippen molar-refractivity contribution in [3.8, 4) is 0 Å². The van der Waals surface area contributed by atoms with E-state index in [4.69, 9.17) is 0 Å². The highest BCUT2D eigenvalue weighted by Crippen LogP contribution is 2.20. The fourth-order valence-electron chi connectivity index (χ4n) is 2.91. The summed E-state index contributed by atoms with van der Waals surface area (Å²) in [4.78, 5) is 29.4. The molecule has 0 spiro atoms. The largest absolute Gasteiger partial charge is 0.339 e. The number of benzene rings is 2. The van der Waals surface area contributed by atoms with Crippen LogP contribution in [0.3, 0.4) is 0 Å². The Bertz CT molecular complexity index is 937. The van der Waals surface area contributed by atoms with Gasteiger partial charge in [-0.3, -0.25) is 10.1 Å². The first-order chi connectivity index (χ1) is 12.7. The van der Waals surface area contributed by atoms with Crippen LogP contribution in [0.2, 0.25) is 0 Å². The number of amides is 3. The van der Waals surface area contributed by atoms with Crippen LogP contribution in [-0.2, 0) is 13.1 Å². The molecule has 7 nitrogen and oxygen atoms in total. The lowest BCUT2D eigenvalue weighted by atomic mass is 10.2. The van der Waals surface area contributed by atoms with Gasteiger partial charge in [0.1, 0.15) is 0 Å². The number of fused-ring (bicyclic) bond motifs is 1. The number of rotatable bonds is 4. The molecular formula is C19H17N5O2. The second-order valence-corrected chi connectivity index (χ2v) is 6.00. The van der Waals surface area contributed by atoms with E-state index in [0.29, 0.717) is 12.2 Å². The van der Waals surface area contributed by atoms with Crippen molar-refractivity contribution in [1.29, 1.82) is 0 Å². The second-order valence-electron chi connectivity index (χ2n) is 6.00. The number of nitrogens with zero attached hydrogens (tertiary/aromatic N) is 3. The number of hydrogen-bond acceptors (Lipinski definition) is 3. The van der Waals surface area contributed by atoms with Crippen LogP contribution in [0.25, 0.3) is 0 Å². The minimum absolute atomic E-state index is 0.263. The summed E-state index contributed by atoms with van der Waals surface area (Å²) in [6.07, 6.45) is 1.57. The Balaban J connectivity index is 1.66. The van der Waals surface area contributed by atoms with E-state index in [1.165, 1.54) is 5.01 Å². The van der Waals surface area contributed by atoms with Crippen molar-refractivity contribution in [3.05, 3.63) is 83.8 Å². The van der Waals surface area contributed by atoms with Gasteiger partial charge in [0.05, 0.1) is 12.9 Å². The number of carbonyl (C=O) groups excluding carboxylic acids is 2. The molecule has 0 fully saturated rings. The van der Waals surface area contributed by atoms with E-state index in [2.05, 4.69) is 15.7 Å². The minimum Gasteiger partial charge on any atom is -0.320 e. The molecule has 2 N–H and O–H groups in total. The zero-order valence-corrected chi connectivity index (χ0v) is 13.9. The van der Waals surface area contributed by atoms with Crippen LogP contribution in [0.5, 0.6) is 0 Å². The third kappa shape index (κ3) is 3.14. The van der Waals surface area contributed by atoms with E-state index in [0.717, 1.165) is 11.1 Å². The Morgan fingerprint density at radius 2 is 1.46 bits per heavy atom. The summed E-state index contributed by atoms with van der Waals surface area (Å²) in [7, 11) is 0. The Morgan fingerprint density at radius 3 is 2.12 bits per heavy atom. The number of hydrazine groups is 1. The van der Waals surface area contributed by atoms with Crippen molar-refractivity contribution >= 4 is 17.8 Å². The number of urea groups is 1. The Kier molecular flexibility index (Phi) is 4.10. The van der Waals surface area contributed by atoms with Gasteiger partial charge in [-0.1, -0.05) is 60.7 Å². The van der Waals surface area contributed by atoms with Crippen molar-refractivity contribution in [2.45, 2.75) is 13.1 Å². The van der Waals surface area contributed by atoms with E-state index in [1.54, 1.807) is 10.9 Å². The molecular weight excluding hydrogens is 330 g/mol. The predicted octanol–water partition coefficient (Wildman–Crippen LogP) is 2.62. The maximum atomic E-state index is 13.1. The smallest absolute Gasteiger partial charge is 0.320 e. The van der Waals surface area contributed by atoms with Crippen LogP contribution < -0.4 is 10.7 Å². The molecule has 1 aliphatic heterocycles. The molecule has 0 atom stereocenters. The van der Waals surface area contributed by atoms with E-state index in [-0.39, 0.29) is 18.3 Å². The van der Waals surface area contributed by atoms with E-state index in [9.17, 15) is 9.59 Å². The molecule has 0 unspecified atom stereocenters. The Morgan fingerprint density at radius 1 is 0.846 bits per heavy atom. The zero-order chi connectivity index (χ0) is 17.9. The Labute approximate surface area is 150 Å². The normalized spacial score (nSPS) is 13.6. The van der Waals surface area contributed by atoms with Gasteiger partial charge in [0.25, 0.3) is 5.91 Å². The summed E-state index contributed by atoms with van der Waals surface area (Å²) in [6.45, 7) is 0.757. The van der Waals surface area contributed by atoms with Gasteiger partial charge in [0.15, 0.2) is 11.5 Å². The first-order valence-electron chi connectivity index (χ1n) is 8.23. The standard InChI is InChI=1S/C19H17N5O2/c25-18-16-17(20-13-23(16)11-14-7-3-1-4-8-14)21-19(26)22-24(18)12-15-9-5-2-6-10-15/h1-10,13H,11-12H2,(H2,21,22,26). The number of nitrogens with one attached hydrogen (secondary N) is 2. The molecule has 130 valence electrons. The SMILES string of the molecule is O=C1Nc2ncn(Cc3ccccc3)c2C(=O)N(Cc2ccccc2)N1. The highest BCUT2D eigenvalue weighted by atomic mass is 16.2. The summed E-state index contributed by atoms with van der Waals surface area (Å²) in [5, 5.41) is 3.94. The first kappa shape index (κ1) is 15.9. The molecule has 1 aromatic heterocycles. The van der Waals surface area contributed by atoms with Gasteiger partial charge in [-0.05, 0) is 11.1 Å². The van der Waals surface area contributed by atoms with E-state index in [1.807, 2.05) is 60.7 Å². The van der Waals surface area contributed by atoms with Crippen LogP contribution in [0.15, 0.2) is 67.0 Å². The lowest BCUT2D eigenvalue weighted by Crippen LogP contribution is -2.45. The topological polar surface area (TPSA) is 79.3 Å². The lowest BCUT2D eigenvalue weighted by Gasteiger charge is -2.21. The number of anilines is 1. The molecule has 0 radical (unpaired) electrons. The summed E-state index contributed by atoms with van der Waals surface area (Å²) < 4.78 is 1.75. The molecule has 0 saturated heterocycles. The van der Waals surface area contributed by atoms with Gasteiger partial charge in [-0.2, -0.15) is 0 Å². The van der Waals surface area contributed by atoms with Gasteiger partial charge in [-0.25, -0.2) is 20.2 Å². The van der Waals surface area contributed by atoms with Gasteiger partial charge in [0.2, 0.25) is 0 Å². The van der Waals surface area contributed by atoms with Crippen LogP contribution in [0, 0.1) is 0 Å². The molecule has 2 aromatic carbocycles. The molecule has 0 aliphatic carbocycles. The minimum atomic E-state index is -0.488. The summed E-state index contributed by atoms with van der Waals surface area (Å²) in [5.41, 5.74) is 4.89. The number of imidazole rings is 1. The van der Waals surface area contributed by atoms with Crippen LogP contribution in [-0.4, -0.2) is 26.5 Å². The van der Waals surface area contributed by atoms with Gasteiger partial charge in [-0.15, -0.1) is 0 Å². The summed E-state index contributed by atoms with van der Waals surface area (Å²) >= 11 is 0. The molecule has 7 heteroatoms. The zero-order valence-electron chi connectivity index (χ0n) is 13.9. The maximum Gasteiger partial charge on any atom is 0.339 e. The van der Waals surface area contributed by atoms with Crippen LogP contribution >= 0.6 is 0 Å².